The zero-order valence-electron chi connectivity index (χ0n) is 9.18. The van der Waals surface area contributed by atoms with E-state index in [2.05, 4.69) is 19.9 Å². The van der Waals surface area contributed by atoms with Crippen molar-refractivity contribution in [1.82, 2.24) is 24.8 Å². The van der Waals surface area contributed by atoms with Gasteiger partial charge in [-0.3, -0.25) is 4.79 Å². The van der Waals surface area contributed by atoms with Crippen molar-refractivity contribution < 1.29 is 4.79 Å². The van der Waals surface area contributed by atoms with Crippen molar-refractivity contribution in [3.8, 4) is 0 Å². The topological polar surface area (TPSA) is 101 Å². The summed E-state index contributed by atoms with van der Waals surface area (Å²) in [7, 11) is 0. The maximum Gasteiger partial charge on any atom is 0.291 e. The molecule has 0 spiro atoms. The number of carbonyl (C=O) groups is 1. The summed E-state index contributed by atoms with van der Waals surface area (Å²) in [6.07, 6.45) is 3.55. The number of imidazole rings is 1. The van der Waals surface area contributed by atoms with Gasteiger partial charge in [0.25, 0.3) is 5.91 Å². The normalized spacial score (nSPS) is 15.6. The van der Waals surface area contributed by atoms with Gasteiger partial charge >= 0.3 is 0 Å². The summed E-state index contributed by atoms with van der Waals surface area (Å²) in [5.74, 6) is 0.221. The minimum Gasteiger partial charge on any atom is -0.382 e. The van der Waals surface area contributed by atoms with E-state index in [4.69, 9.17) is 5.73 Å². The van der Waals surface area contributed by atoms with E-state index < -0.39 is 0 Å². The highest BCUT2D eigenvalue weighted by Gasteiger charge is 2.23. The Labute approximate surface area is 97.1 Å². The van der Waals surface area contributed by atoms with Gasteiger partial charge < -0.3 is 15.6 Å². The smallest absolute Gasteiger partial charge is 0.291 e. The molecule has 2 aromatic heterocycles. The molecule has 1 saturated heterocycles. The van der Waals surface area contributed by atoms with E-state index in [9.17, 15) is 4.79 Å². The van der Waals surface area contributed by atoms with Crippen LogP contribution in [0.15, 0.2) is 6.33 Å². The number of nitrogens with zero attached hydrogens (tertiary/aromatic N) is 4. The SMILES string of the molecule is Nc1nc(C(=O)N2CCCC2)nc2nc[nH]c12. The first kappa shape index (κ1) is 10.0. The highest BCUT2D eigenvalue weighted by Crippen LogP contribution is 2.15. The van der Waals surface area contributed by atoms with Gasteiger partial charge in [0.15, 0.2) is 11.5 Å². The summed E-state index contributed by atoms with van der Waals surface area (Å²) in [5.41, 5.74) is 6.75. The fourth-order valence-corrected chi connectivity index (χ4v) is 2.01. The maximum absolute atomic E-state index is 12.1. The summed E-state index contributed by atoms with van der Waals surface area (Å²) in [6.45, 7) is 1.53. The maximum atomic E-state index is 12.1. The molecule has 3 heterocycles. The molecule has 7 nitrogen and oxygen atoms in total. The van der Waals surface area contributed by atoms with Gasteiger partial charge in [0.1, 0.15) is 5.52 Å². The number of fused-ring (bicyclic) bond motifs is 1. The number of hydrogen-bond donors (Lipinski definition) is 2. The summed E-state index contributed by atoms with van der Waals surface area (Å²) >= 11 is 0. The number of aromatic nitrogens is 4. The number of amides is 1. The van der Waals surface area contributed by atoms with E-state index in [1.54, 1.807) is 4.90 Å². The van der Waals surface area contributed by atoms with Crippen molar-refractivity contribution in [3.63, 3.8) is 0 Å². The van der Waals surface area contributed by atoms with Gasteiger partial charge in [-0.15, -0.1) is 0 Å². The molecular formula is C10H12N6O. The van der Waals surface area contributed by atoms with E-state index >= 15 is 0 Å². The molecule has 17 heavy (non-hydrogen) atoms. The first-order valence-electron chi connectivity index (χ1n) is 5.51. The molecule has 1 amide bonds. The lowest BCUT2D eigenvalue weighted by molar-refractivity contribution is 0.0781. The molecule has 0 saturated carbocycles. The van der Waals surface area contributed by atoms with Crippen molar-refractivity contribution in [2.75, 3.05) is 18.8 Å². The molecule has 0 aromatic carbocycles. The summed E-state index contributed by atoms with van der Waals surface area (Å²) in [4.78, 5) is 28.8. The fourth-order valence-electron chi connectivity index (χ4n) is 2.01. The van der Waals surface area contributed by atoms with Gasteiger partial charge in [-0.25, -0.2) is 15.0 Å². The third-order valence-corrected chi connectivity index (χ3v) is 2.90. The predicted molar refractivity (Wildman–Crippen MR) is 61.2 cm³/mol. The van der Waals surface area contributed by atoms with Gasteiger partial charge in [0.05, 0.1) is 6.33 Å². The predicted octanol–water partition coefficient (Wildman–Crippen LogP) is 0.171. The minimum atomic E-state index is -0.167. The average Bonchev–Trinajstić information content (AvgIpc) is 2.98. The molecule has 88 valence electrons. The number of nitrogen functional groups attached to an aromatic ring is 1. The molecule has 2 aromatic rings. The molecule has 0 atom stereocenters. The zero-order chi connectivity index (χ0) is 11.8. The van der Waals surface area contributed by atoms with Gasteiger partial charge in [-0.1, -0.05) is 0 Å². The van der Waals surface area contributed by atoms with Crippen LogP contribution in [0.4, 0.5) is 5.82 Å². The van der Waals surface area contributed by atoms with Gasteiger partial charge in [-0.05, 0) is 12.8 Å². The van der Waals surface area contributed by atoms with Gasteiger partial charge in [-0.2, -0.15) is 0 Å². The Bertz CT molecular complexity index is 571. The minimum absolute atomic E-state index is 0.129. The lowest BCUT2D eigenvalue weighted by Gasteiger charge is -2.13. The van der Waals surface area contributed by atoms with Crippen LogP contribution in [0, 0.1) is 0 Å². The number of nitrogens with one attached hydrogen (secondary N) is 1. The molecule has 0 radical (unpaired) electrons. The monoisotopic (exact) mass is 232 g/mol. The van der Waals surface area contributed by atoms with Crippen LogP contribution >= 0.6 is 0 Å². The Hall–Kier alpha value is -2.18. The van der Waals surface area contributed by atoms with Crippen LogP contribution in [-0.2, 0) is 0 Å². The number of nitrogens with two attached hydrogens (primary N) is 1. The van der Waals surface area contributed by atoms with Crippen LogP contribution in [0.2, 0.25) is 0 Å². The largest absolute Gasteiger partial charge is 0.382 e. The number of carbonyl (C=O) groups excluding carboxylic acids is 1. The van der Waals surface area contributed by atoms with E-state index in [1.165, 1.54) is 6.33 Å². The molecule has 3 N–H and O–H groups in total. The molecule has 0 unspecified atom stereocenters. The number of anilines is 1. The lowest BCUT2D eigenvalue weighted by Crippen LogP contribution is -2.29. The van der Waals surface area contributed by atoms with Gasteiger partial charge in [0, 0.05) is 13.1 Å². The molecule has 7 heteroatoms. The van der Waals surface area contributed by atoms with Crippen LogP contribution in [0.25, 0.3) is 11.2 Å². The van der Waals surface area contributed by atoms with Crippen LogP contribution < -0.4 is 5.73 Å². The van der Waals surface area contributed by atoms with Crippen LogP contribution in [0.1, 0.15) is 23.5 Å². The van der Waals surface area contributed by atoms with Crippen molar-refractivity contribution >= 4 is 22.9 Å². The summed E-state index contributed by atoms with van der Waals surface area (Å²) in [6, 6.07) is 0. The number of rotatable bonds is 1. The molecule has 1 aliphatic rings. The van der Waals surface area contributed by atoms with E-state index in [1.807, 2.05) is 0 Å². The van der Waals surface area contributed by atoms with Crippen molar-refractivity contribution in [2.45, 2.75) is 12.8 Å². The van der Waals surface area contributed by atoms with E-state index in [-0.39, 0.29) is 17.5 Å². The second-order valence-electron chi connectivity index (χ2n) is 4.03. The first-order valence-corrected chi connectivity index (χ1v) is 5.51. The fraction of sp³-hybridized carbons (Fsp3) is 0.400. The van der Waals surface area contributed by atoms with Gasteiger partial charge in [0.2, 0.25) is 5.82 Å². The van der Waals surface area contributed by atoms with Crippen molar-refractivity contribution in [1.29, 1.82) is 0 Å². The standard InChI is InChI=1S/C10H12N6O/c11-7-6-8(13-5-12-6)15-9(14-7)10(17)16-3-1-2-4-16/h5H,1-4H2,(H3,11,12,13,14,15). The molecule has 1 aliphatic heterocycles. The summed E-state index contributed by atoms with van der Waals surface area (Å²) in [5, 5.41) is 0. The quantitative estimate of drug-likeness (QED) is 0.730. The summed E-state index contributed by atoms with van der Waals surface area (Å²) < 4.78 is 0. The average molecular weight is 232 g/mol. The molecule has 1 fully saturated rings. The second-order valence-corrected chi connectivity index (χ2v) is 4.03. The third-order valence-electron chi connectivity index (χ3n) is 2.90. The first-order chi connectivity index (χ1) is 8.25. The van der Waals surface area contributed by atoms with E-state index in [0.29, 0.717) is 11.2 Å². The Morgan fingerprint density at radius 3 is 2.88 bits per heavy atom. The molecule has 3 rings (SSSR count). The Morgan fingerprint density at radius 2 is 2.12 bits per heavy atom. The number of H-pyrrole nitrogens is 1. The highest BCUT2D eigenvalue weighted by atomic mass is 16.2. The number of likely N-dealkylation sites (tertiary alicyclic amines) is 1. The molecule has 0 bridgehead atoms. The second kappa shape index (κ2) is 3.69. The van der Waals surface area contributed by atoms with Crippen molar-refractivity contribution in [2.24, 2.45) is 0 Å². The van der Waals surface area contributed by atoms with Crippen LogP contribution in [-0.4, -0.2) is 43.8 Å². The lowest BCUT2D eigenvalue weighted by atomic mass is 10.4. The van der Waals surface area contributed by atoms with E-state index in [0.717, 1.165) is 25.9 Å². The van der Waals surface area contributed by atoms with Crippen LogP contribution in [0.3, 0.4) is 0 Å². The highest BCUT2D eigenvalue weighted by molar-refractivity contribution is 5.94. The molecule has 0 aliphatic carbocycles. The van der Waals surface area contributed by atoms with Crippen molar-refractivity contribution in [3.05, 3.63) is 12.2 Å². The number of hydrogen-bond acceptors (Lipinski definition) is 5. The zero-order valence-corrected chi connectivity index (χ0v) is 9.18. The molecular weight excluding hydrogens is 220 g/mol. The number of aromatic amines is 1. The Morgan fingerprint density at radius 1 is 1.35 bits per heavy atom. The van der Waals surface area contributed by atoms with Crippen LogP contribution in [0.5, 0.6) is 0 Å². The third kappa shape index (κ3) is 1.59. The Balaban J connectivity index is 2.01. The Kier molecular flexibility index (Phi) is 2.17.